The third-order valence-corrected chi connectivity index (χ3v) is 3.02. The largest absolute Gasteiger partial charge is 0.381 e. The summed E-state index contributed by atoms with van der Waals surface area (Å²) in [5.41, 5.74) is 0.329. The predicted molar refractivity (Wildman–Crippen MR) is 62.0 cm³/mol. The Bertz CT molecular complexity index is 427. The van der Waals surface area contributed by atoms with Crippen LogP contribution in [0.5, 0.6) is 0 Å². The van der Waals surface area contributed by atoms with E-state index in [-0.39, 0.29) is 10.6 Å². The highest BCUT2D eigenvalue weighted by molar-refractivity contribution is 6.32. The number of nitrogens with zero attached hydrogens (tertiary/aromatic N) is 2. The van der Waals surface area contributed by atoms with Crippen LogP contribution in [0.15, 0.2) is 11.0 Å². The first-order chi connectivity index (χ1) is 7.68. The maximum Gasteiger partial charge on any atom is 0.287 e. The van der Waals surface area contributed by atoms with Crippen molar-refractivity contribution in [2.45, 2.75) is 18.9 Å². The molecule has 1 fully saturated rings. The molecule has 0 aromatic carbocycles. The molecule has 0 amide bonds. The van der Waals surface area contributed by atoms with Crippen molar-refractivity contribution in [2.75, 3.05) is 18.5 Å². The molecule has 0 radical (unpaired) electrons. The highest BCUT2D eigenvalue weighted by Gasteiger charge is 2.16. The van der Waals surface area contributed by atoms with E-state index < -0.39 is 0 Å². The Morgan fingerprint density at radius 1 is 1.56 bits per heavy atom. The number of ether oxygens (including phenoxy) is 1. The van der Waals surface area contributed by atoms with Gasteiger partial charge in [0.2, 0.25) is 0 Å². The lowest BCUT2D eigenvalue weighted by Crippen LogP contribution is -2.29. The van der Waals surface area contributed by atoms with Crippen molar-refractivity contribution in [1.29, 1.82) is 0 Å². The van der Waals surface area contributed by atoms with Gasteiger partial charge in [-0.25, -0.2) is 4.68 Å². The van der Waals surface area contributed by atoms with Crippen molar-refractivity contribution in [1.82, 2.24) is 9.78 Å². The molecule has 0 bridgehead atoms. The minimum absolute atomic E-state index is 0.198. The molecule has 6 heteroatoms. The zero-order valence-corrected chi connectivity index (χ0v) is 9.83. The lowest BCUT2D eigenvalue weighted by atomic mass is 10.1. The van der Waals surface area contributed by atoms with Crippen LogP contribution in [-0.4, -0.2) is 29.0 Å². The van der Waals surface area contributed by atoms with E-state index in [1.165, 1.54) is 4.68 Å². The van der Waals surface area contributed by atoms with Gasteiger partial charge in [-0.15, -0.1) is 0 Å². The number of aromatic nitrogens is 2. The molecule has 1 aliphatic heterocycles. The molecule has 1 aliphatic rings. The highest BCUT2D eigenvalue weighted by Crippen LogP contribution is 2.19. The van der Waals surface area contributed by atoms with E-state index in [1.807, 2.05) is 0 Å². The van der Waals surface area contributed by atoms with Crippen LogP contribution in [0.1, 0.15) is 12.8 Å². The molecular weight excluding hydrogens is 230 g/mol. The number of hydrogen-bond donors (Lipinski definition) is 1. The molecule has 16 heavy (non-hydrogen) atoms. The molecule has 1 aromatic rings. The summed E-state index contributed by atoms with van der Waals surface area (Å²) in [6.45, 7) is 1.49. The number of nitrogens with one attached hydrogen (secondary N) is 1. The van der Waals surface area contributed by atoms with Crippen LogP contribution in [0.3, 0.4) is 0 Å². The van der Waals surface area contributed by atoms with Crippen LogP contribution in [0.25, 0.3) is 0 Å². The molecule has 0 saturated carbocycles. The molecule has 2 rings (SSSR count). The smallest absolute Gasteiger partial charge is 0.287 e. The SMILES string of the molecule is Cn1ncc(NC2CCOCC2)c(Cl)c1=O. The molecule has 88 valence electrons. The van der Waals surface area contributed by atoms with Crippen molar-refractivity contribution in [2.24, 2.45) is 7.05 Å². The maximum atomic E-state index is 11.5. The average Bonchev–Trinajstić information content (AvgIpc) is 2.31. The van der Waals surface area contributed by atoms with E-state index in [1.54, 1.807) is 13.2 Å². The monoisotopic (exact) mass is 243 g/mol. The second-order valence-corrected chi connectivity index (χ2v) is 4.21. The van der Waals surface area contributed by atoms with Crippen LogP contribution in [-0.2, 0) is 11.8 Å². The zero-order chi connectivity index (χ0) is 11.5. The standard InChI is InChI=1S/C10H14ClN3O2/c1-14-10(15)9(11)8(6-12-14)13-7-2-4-16-5-3-7/h6-7,13H,2-5H2,1H3. The Hall–Kier alpha value is -1.07. The van der Waals surface area contributed by atoms with E-state index in [9.17, 15) is 4.79 Å². The number of anilines is 1. The summed E-state index contributed by atoms with van der Waals surface area (Å²) in [6.07, 6.45) is 3.43. The molecule has 0 spiro atoms. The molecule has 1 aromatic heterocycles. The number of halogens is 1. The first-order valence-electron chi connectivity index (χ1n) is 5.24. The van der Waals surface area contributed by atoms with Crippen molar-refractivity contribution in [3.05, 3.63) is 21.6 Å². The molecule has 1 N–H and O–H groups in total. The Morgan fingerprint density at radius 3 is 2.94 bits per heavy atom. The number of aryl methyl sites for hydroxylation is 1. The third-order valence-electron chi connectivity index (χ3n) is 2.66. The van der Waals surface area contributed by atoms with Gasteiger partial charge >= 0.3 is 0 Å². The Labute approximate surface area is 98.4 Å². The van der Waals surface area contributed by atoms with E-state index in [2.05, 4.69) is 10.4 Å². The van der Waals surface area contributed by atoms with Gasteiger partial charge in [-0.1, -0.05) is 11.6 Å². The molecular formula is C10H14ClN3O2. The van der Waals surface area contributed by atoms with Gasteiger partial charge in [0.1, 0.15) is 5.02 Å². The molecule has 1 saturated heterocycles. The first-order valence-corrected chi connectivity index (χ1v) is 5.62. The van der Waals surface area contributed by atoms with Crippen LogP contribution in [0, 0.1) is 0 Å². The summed E-state index contributed by atoms with van der Waals surface area (Å²) in [5.74, 6) is 0. The van der Waals surface area contributed by atoms with Crippen molar-refractivity contribution in [3.8, 4) is 0 Å². The van der Waals surface area contributed by atoms with E-state index in [0.717, 1.165) is 26.1 Å². The Morgan fingerprint density at radius 2 is 2.25 bits per heavy atom. The number of hydrogen-bond acceptors (Lipinski definition) is 4. The van der Waals surface area contributed by atoms with E-state index >= 15 is 0 Å². The van der Waals surface area contributed by atoms with Gasteiger partial charge in [0.25, 0.3) is 5.56 Å². The normalized spacial score (nSPS) is 17.4. The molecule has 0 atom stereocenters. The van der Waals surface area contributed by atoms with Gasteiger partial charge in [0.15, 0.2) is 0 Å². The Kier molecular flexibility index (Phi) is 3.46. The van der Waals surface area contributed by atoms with Crippen LogP contribution >= 0.6 is 11.6 Å². The molecule has 0 aliphatic carbocycles. The van der Waals surface area contributed by atoms with Crippen LogP contribution in [0.4, 0.5) is 5.69 Å². The van der Waals surface area contributed by atoms with Crippen molar-refractivity contribution in [3.63, 3.8) is 0 Å². The quantitative estimate of drug-likeness (QED) is 0.843. The van der Waals surface area contributed by atoms with Crippen LogP contribution in [0.2, 0.25) is 5.02 Å². The average molecular weight is 244 g/mol. The summed E-state index contributed by atoms with van der Waals surface area (Å²) in [7, 11) is 1.58. The first kappa shape index (κ1) is 11.4. The Balaban J connectivity index is 2.15. The highest BCUT2D eigenvalue weighted by atomic mass is 35.5. The zero-order valence-electron chi connectivity index (χ0n) is 9.07. The topological polar surface area (TPSA) is 56.1 Å². The lowest BCUT2D eigenvalue weighted by molar-refractivity contribution is 0.0904. The van der Waals surface area contributed by atoms with Gasteiger partial charge < -0.3 is 10.1 Å². The summed E-state index contributed by atoms with van der Waals surface area (Å²) in [4.78, 5) is 11.5. The summed E-state index contributed by atoms with van der Waals surface area (Å²) in [5, 5.41) is 7.36. The third kappa shape index (κ3) is 2.36. The van der Waals surface area contributed by atoms with Gasteiger partial charge in [0.05, 0.1) is 11.9 Å². The van der Waals surface area contributed by atoms with Crippen molar-refractivity contribution < 1.29 is 4.74 Å². The predicted octanol–water partition coefficient (Wildman–Crippen LogP) is 1.02. The fraction of sp³-hybridized carbons (Fsp3) is 0.600. The molecule has 5 nitrogen and oxygen atoms in total. The summed E-state index contributed by atoms with van der Waals surface area (Å²) < 4.78 is 6.48. The fourth-order valence-corrected chi connectivity index (χ4v) is 1.90. The number of rotatable bonds is 2. The maximum absolute atomic E-state index is 11.5. The van der Waals surface area contributed by atoms with Crippen molar-refractivity contribution >= 4 is 17.3 Å². The van der Waals surface area contributed by atoms with Gasteiger partial charge in [-0.2, -0.15) is 5.10 Å². The second kappa shape index (κ2) is 4.84. The van der Waals surface area contributed by atoms with E-state index in [0.29, 0.717) is 11.7 Å². The second-order valence-electron chi connectivity index (χ2n) is 3.83. The van der Waals surface area contributed by atoms with E-state index in [4.69, 9.17) is 16.3 Å². The summed E-state index contributed by atoms with van der Waals surface area (Å²) in [6, 6.07) is 0.306. The lowest BCUT2D eigenvalue weighted by Gasteiger charge is -2.24. The molecule has 2 heterocycles. The molecule has 0 unspecified atom stereocenters. The minimum Gasteiger partial charge on any atom is -0.381 e. The summed E-state index contributed by atoms with van der Waals surface area (Å²) >= 11 is 5.95. The minimum atomic E-state index is -0.279. The van der Waals surface area contributed by atoms with Gasteiger partial charge in [-0.05, 0) is 12.8 Å². The fourth-order valence-electron chi connectivity index (χ4n) is 1.67. The van der Waals surface area contributed by atoms with Gasteiger partial charge in [0, 0.05) is 26.3 Å². The van der Waals surface area contributed by atoms with Crippen LogP contribution < -0.4 is 10.9 Å². The van der Waals surface area contributed by atoms with Gasteiger partial charge in [-0.3, -0.25) is 4.79 Å².